The van der Waals surface area contributed by atoms with Gasteiger partial charge in [-0.3, -0.25) is 4.90 Å². The fourth-order valence-electron chi connectivity index (χ4n) is 1.89. The van der Waals surface area contributed by atoms with E-state index >= 15 is 0 Å². The fourth-order valence-corrected chi connectivity index (χ4v) is 1.89. The number of piperazine rings is 1. The number of rotatable bonds is 3. The predicted molar refractivity (Wildman–Crippen MR) is 73.1 cm³/mol. The van der Waals surface area contributed by atoms with Crippen LogP contribution in [0.25, 0.3) is 0 Å². The lowest BCUT2D eigenvalue weighted by Crippen LogP contribution is -2.44. The van der Waals surface area contributed by atoms with Crippen molar-refractivity contribution in [1.29, 1.82) is 0 Å². The molecule has 18 heavy (non-hydrogen) atoms. The van der Waals surface area contributed by atoms with Crippen molar-refractivity contribution >= 4 is 12.4 Å². The molecule has 0 aromatic carbocycles. The van der Waals surface area contributed by atoms with E-state index in [1.807, 2.05) is 0 Å². The van der Waals surface area contributed by atoms with Crippen molar-refractivity contribution in [3.8, 4) is 0 Å². The van der Waals surface area contributed by atoms with E-state index in [0.717, 1.165) is 37.8 Å². The van der Waals surface area contributed by atoms with Crippen LogP contribution in [0.5, 0.6) is 0 Å². The Morgan fingerprint density at radius 1 is 1.50 bits per heavy atom. The molecule has 1 aromatic rings. The summed E-state index contributed by atoms with van der Waals surface area (Å²) in [5.41, 5.74) is -0.0358. The second kappa shape index (κ2) is 5.99. The van der Waals surface area contributed by atoms with E-state index in [-0.39, 0.29) is 23.9 Å². The minimum absolute atomic E-state index is 0. The molecule has 1 aliphatic heterocycles. The standard InChI is InChI=1S/C12H22N4O.ClH/c1-5-12(2,3)11-14-10(15-17-11)9-8-13-6-7-16(9)4;/h9,13H,5-8H2,1-4H3;1H. The van der Waals surface area contributed by atoms with Gasteiger partial charge in [-0.2, -0.15) is 4.98 Å². The van der Waals surface area contributed by atoms with Crippen LogP contribution in [-0.2, 0) is 5.41 Å². The molecule has 1 fully saturated rings. The van der Waals surface area contributed by atoms with E-state index in [2.05, 4.69) is 48.2 Å². The first-order chi connectivity index (χ1) is 8.04. The van der Waals surface area contributed by atoms with E-state index in [1.165, 1.54) is 0 Å². The Hall–Kier alpha value is -0.650. The normalized spacial score (nSPS) is 21.7. The van der Waals surface area contributed by atoms with Crippen LogP contribution in [0.15, 0.2) is 4.52 Å². The summed E-state index contributed by atoms with van der Waals surface area (Å²) >= 11 is 0. The Morgan fingerprint density at radius 2 is 2.22 bits per heavy atom. The molecule has 0 bridgehead atoms. The zero-order valence-electron chi connectivity index (χ0n) is 11.6. The van der Waals surface area contributed by atoms with Gasteiger partial charge in [-0.25, -0.2) is 0 Å². The summed E-state index contributed by atoms with van der Waals surface area (Å²) < 4.78 is 5.41. The van der Waals surface area contributed by atoms with E-state index in [9.17, 15) is 0 Å². The molecule has 0 radical (unpaired) electrons. The average molecular weight is 275 g/mol. The molecule has 0 amide bonds. The minimum Gasteiger partial charge on any atom is -0.339 e. The maximum Gasteiger partial charge on any atom is 0.232 e. The van der Waals surface area contributed by atoms with Crippen molar-refractivity contribution in [3.05, 3.63) is 11.7 Å². The average Bonchev–Trinajstić information content (AvgIpc) is 2.79. The Morgan fingerprint density at radius 3 is 2.83 bits per heavy atom. The number of nitrogens with one attached hydrogen (secondary N) is 1. The van der Waals surface area contributed by atoms with Crippen LogP contribution >= 0.6 is 12.4 Å². The van der Waals surface area contributed by atoms with Crippen molar-refractivity contribution in [3.63, 3.8) is 0 Å². The van der Waals surface area contributed by atoms with Crippen LogP contribution in [-0.4, -0.2) is 41.7 Å². The van der Waals surface area contributed by atoms with E-state index in [4.69, 9.17) is 4.52 Å². The van der Waals surface area contributed by atoms with E-state index < -0.39 is 0 Å². The quantitative estimate of drug-likeness (QED) is 0.910. The zero-order valence-corrected chi connectivity index (χ0v) is 12.4. The van der Waals surface area contributed by atoms with Crippen LogP contribution in [0.2, 0.25) is 0 Å². The van der Waals surface area contributed by atoms with E-state index in [1.54, 1.807) is 0 Å². The lowest BCUT2D eigenvalue weighted by atomic mass is 9.90. The van der Waals surface area contributed by atoms with Crippen molar-refractivity contribution in [1.82, 2.24) is 20.4 Å². The maximum absolute atomic E-state index is 5.41. The number of likely N-dealkylation sites (N-methyl/N-ethyl adjacent to an activating group) is 1. The summed E-state index contributed by atoms with van der Waals surface area (Å²) in [6.07, 6.45) is 0.993. The molecule has 0 saturated carbocycles. The molecule has 1 aromatic heterocycles. The highest BCUT2D eigenvalue weighted by molar-refractivity contribution is 5.85. The largest absolute Gasteiger partial charge is 0.339 e. The second-order valence-corrected chi connectivity index (χ2v) is 5.40. The van der Waals surface area contributed by atoms with E-state index in [0.29, 0.717) is 0 Å². The first-order valence-corrected chi connectivity index (χ1v) is 6.29. The molecular formula is C12H23ClN4O. The Bertz CT molecular complexity index is 380. The highest BCUT2D eigenvalue weighted by Gasteiger charge is 2.30. The third-order valence-corrected chi connectivity index (χ3v) is 3.71. The Balaban J connectivity index is 0.00000162. The first kappa shape index (κ1) is 15.4. The van der Waals surface area contributed by atoms with Gasteiger partial charge in [-0.15, -0.1) is 12.4 Å². The Kier molecular flexibility index (Phi) is 5.13. The fraction of sp³-hybridized carbons (Fsp3) is 0.833. The van der Waals surface area contributed by atoms with Crippen molar-refractivity contribution in [2.75, 3.05) is 26.7 Å². The monoisotopic (exact) mass is 274 g/mol. The summed E-state index contributed by atoms with van der Waals surface area (Å²) in [6, 6.07) is 0.230. The van der Waals surface area contributed by atoms with Gasteiger partial charge in [0.2, 0.25) is 5.89 Å². The van der Waals surface area contributed by atoms with Gasteiger partial charge in [0.05, 0.1) is 6.04 Å². The minimum atomic E-state index is -0.0358. The van der Waals surface area contributed by atoms with Gasteiger partial charge in [0, 0.05) is 25.0 Å². The first-order valence-electron chi connectivity index (χ1n) is 6.29. The van der Waals surface area contributed by atoms with Gasteiger partial charge in [0.25, 0.3) is 0 Å². The van der Waals surface area contributed by atoms with Gasteiger partial charge in [0.15, 0.2) is 5.82 Å². The summed E-state index contributed by atoms with van der Waals surface area (Å²) in [7, 11) is 2.10. The highest BCUT2D eigenvalue weighted by Crippen LogP contribution is 2.27. The summed E-state index contributed by atoms with van der Waals surface area (Å²) in [4.78, 5) is 6.84. The van der Waals surface area contributed by atoms with Crippen LogP contribution in [0.1, 0.15) is 44.9 Å². The molecule has 6 heteroatoms. The van der Waals surface area contributed by atoms with Gasteiger partial charge < -0.3 is 9.84 Å². The van der Waals surface area contributed by atoms with Gasteiger partial charge in [-0.1, -0.05) is 25.9 Å². The third kappa shape index (κ3) is 3.02. The lowest BCUT2D eigenvalue weighted by molar-refractivity contribution is 0.190. The number of halogens is 1. The lowest BCUT2D eigenvalue weighted by Gasteiger charge is -2.30. The molecule has 1 unspecified atom stereocenters. The predicted octanol–water partition coefficient (Wildman–Crippen LogP) is 1.76. The number of nitrogens with zero attached hydrogens (tertiary/aromatic N) is 3. The van der Waals surface area contributed by atoms with Gasteiger partial charge in [0.1, 0.15) is 0 Å². The van der Waals surface area contributed by atoms with Crippen LogP contribution in [0.4, 0.5) is 0 Å². The molecule has 1 aliphatic rings. The molecule has 0 spiro atoms. The number of aromatic nitrogens is 2. The topological polar surface area (TPSA) is 54.2 Å². The van der Waals surface area contributed by atoms with Gasteiger partial charge >= 0.3 is 0 Å². The summed E-state index contributed by atoms with van der Waals surface area (Å²) in [6.45, 7) is 9.34. The molecule has 1 N–H and O–H groups in total. The molecule has 1 atom stereocenters. The summed E-state index contributed by atoms with van der Waals surface area (Å²) in [5.74, 6) is 1.55. The molecule has 104 valence electrons. The SMILES string of the molecule is CCC(C)(C)c1nc(C2CNCCN2C)no1.Cl. The third-order valence-electron chi connectivity index (χ3n) is 3.71. The molecule has 2 rings (SSSR count). The zero-order chi connectivity index (χ0) is 12.5. The second-order valence-electron chi connectivity index (χ2n) is 5.40. The van der Waals surface area contributed by atoms with Gasteiger partial charge in [-0.05, 0) is 13.5 Å². The van der Waals surface area contributed by atoms with Crippen molar-refractivity contribution in [2.45, 2.75) is 38.6 Å². The van der Waals surface area contributed by atoms with Crippen LogP contribution in [0, 0.1) is 0 Å². The smallest absolute Gasteiger partial charge is 0.232 e. The molecule has 2 heterocycles. The molecule has 5 nitrogen and oxygen atoms in total. The molecule has 0 aliphatic carbocycles. The number of hydrogen-bond acceptors (Lipinski definition) is 5. The Labute approximate surface area is 115 Å². The maximum atomic E-state index is 5.41. The van der Waals surface area contributed by atoms with Crippen LogP contribution in [0.3, 0.4) is 0 Å². The molecular weight excluding hydrogens is 252 g/mol. The van der Waals surface area contributed by atoms with Crippen molar-refractivity contribution < 1.29 is 4.52 Å². The summed E-state index contributed by atoms with van der Waals surface area (Å²) in [5, 5.41) is 7.50. The number of hydrogen-bond donors (Lipinski definition) is 1. The van der Waals surface area contributed by atoms with Crippen molar-refractivity contribution in [2.24, 2.45) is 0 Å². The highest BCUT2D eigenvalue weighted by atomic mass is 35.5. The molecule has 1 saturated heterocycles. The van der Waals surface area contributed by atoms with Crippen LogP contribution < -0.4 is 5.32 Å².